The van der Waals surface area contributed by atoms with E-state index in [4.69, 9.17) is 4.18 Å². The molecule has 0 bridgehead atoms. The molecule has 1 unspecified atom stereocenters. The SMILES string of the molecule is CC1(C)CC(=O)C2=C(C1)OS(=O)(=O)CC2c1ccc([N+](=O)[O-])cc1. The van der Waals surface area contributed by atoms with Gasteiger partial charge >= 0.3 is 10.1 Å². The third-order valence-electron chi connectivity index (χ3n) is 4.33. The molecule has 1 heterocycles. The van der Waals surface area contributed by atoms with Crippen molar-refractivity contribution >= 4 is 21.6 Å². The molecule has 1 aromatic rings. The normalized spacial score (nSPS) is 24.9. The average molecular weight is 351 g/mol. The first-order chi connectivity index (χ1) is 11.1. The highest BCUT2D eigenvalue weighted by Crippen LogP contribution is 2.45. The van der Waals surface area contributed by atoms with Crippen molar-refractivity contribution < 1.29 is 22.3 Å². The van der Waals surface area contributed by atoms with E-state index in [9.17, 15) is 23.3 Å². The first kappa shape index (κ1) is 16.6. The molecule has 24 heavy (non-hydrogen) atoms. The number of non-ortho nitro benzene ring substituents is 1. The fourth-order valence-corrected chi connectivity index (χ4v) is 4.60. The van der Waals surface area contributed by atoms with Crippen LogP contribution in [-0.2, 0) is 19.1 Å². The van der Waals surface area contributed by atoms with E-state index < -0.39 is 21.0 Å². The van der Waals surface area contributed by atoms with Crippen LogP contribution >= 0.6 is 0 Å². The molecule has 1 aliphatic heterocycles. The molecule has 0 radical (unpaired) electrons. The molecule has 0 saturated carbocycles. The third-order valence-corrected chi connectivity index (χ3v) is 5.53. The van der Waals surface area contributed by atoms with E-state index in [2.05, 4.69) is 0 Å². The summed E-state index contributed by atoms with van der Waals surface area (Å²) >= 11 is 0. The van der Waals surface area contributed by atoms with Gasteiger partial charge in [-0.05, 0) is 11.0 Å². The smallest absolute Gasteiger partial charge is 0.309 e. The van der Waals surface area contributed by atoms with Gasteiger partial charge in [0.05, 0.1) is 10.7 Å². The summed E-state index contributed by atoms with van der Waals surface area (Å²) in [4.78, 5) is 22.8. The Morgan fingerprint density at radius 2 is 1.83 bits per heavy atom. The van der Waals surface area contributed by atoms with Crippen LogP contribution in [0.2, 0.25) is 0 Å². The number of nitro groups is 1. The summed E-state index contributed by atoms with van der Waals surface area (Å²) in [5.74, 6) is -0.899. The predicted molar refractivity (Wildman–Crippen MR) is 85.8 cm³/mol. The maximum absolute atomic E-state index is 12.6. The first-order valence-electron chi connectivity index (χ1n) is 7.51. The molecule has 1 aliphatic carbocycles. The van der Waals surface area contributed by atoms with Gasteiger partial charge in [-0.25, -0.2) is 0 Å². The highest BCUT2D eigenvalue weighted by atomic mass is 32.2. The average Bonchev–Trinajstić information content (AvgIpc) is 2.43. The molecule has 0 saturated heterocycles. The van der Waals surface area contributed by atoms with Crippen molar-refractivity contribution in [2.45, 2.75) is 32.6 Å². The fraction of sp³-hybridized carbons (Fsp3) is 0.438. The van der Waals surface area contributed by atoms with Gasteiger partial charge in [-0.1, -0.05) is 26.0 Å². The Balaban J connectivity index is 2.08. The van der Waals surface area contributed by atoms with Crippen LogP contribution in [0.4, 0.5) is 5.69 Å². The highest BCUT2D eigenvalue weighted by Gasteiger charge is 2.44. The van der Waals surface area contributed by atoms with Gasteiger partial charge < -0.3 is 4.18 Å². The van der Waals surface area contributed by atoms with Gasteiger partial charge in [-0.2, -0.15) is 8.42 Å². The number of rotatable bonds is 2. The number of hydrogen-bond acceptors (Lipinski definition) is 6. The van der Waals surface area contributed by atoms with E-state index in [0.29, 0.717) is 24.0 Å². The molecule has 0 fully saturated rings. The first-order valence-corrected chi connectivity index (χ1v) is 9.08. The van der Waals surface area contributed by atoms with Gasteiger partial charge in [0.1, 0.15) is 5.76 Å². The zero-order chi connectivity index (χ0) is 17.7. The number of Topliss-reactive ketones (excluding diaryl/α,β-unsaturated/α-hetero) is 1. The van der Waals surface area contributed by atoms with E-state index >= 15 is 0 Å². The quantitative estimate of drug-likeness (QED) is 0.461. The summed E-state index contributed by atoms with van der Waals surface area (Å²) in [5.41, 5.74) is 0.507. The summed E-state index contributed by atoms with van der Waals surface area (Å²) in [7, 11) is -3.79. The van der Waals surface area contributed by atoms with Crippen LogP contribution < -0.4 is 0 Å². The van der Waals surface area contributed by atoms with Crippen molar-refractivity contribution in [1.29, 1.82) is 0 Å². The Morgan fingerprint density at radius 3 is 2.42 bits per heavy atom. The molecule has 0 aromatic heterocycles. The maximum atomic E-state index is 12.6. The van der Waals surface area contributed by atoms with Crippen molar-refractivity contribution in [2.24, 2.45) is 5.41 Å². The fourth-order valence-electron chi connectivity index (χ4n) is 3.31. The number of nitro benzene ring substituents is 1. The third kappa shape index (κ3) is 3.06. The number of ketones is 1. The molecule has 0 amide bonds. The molecular formula is C16H17NO6S. The van der Waals surface area contributed by atoms with Crippen LogP contribution in [0, 0.1) is 15.5 Å². The minimum atomic E-state index is -3.79. The molecule has 128 valence electrons. The van der Waals surface area contributed by atoms with Crippen LogP contribution in [0.1, 0.15) is 38.2 Å². The Bertz CT molecular complexity index is 851. The zero-order valence-electron chi connectivity index (χ0n) is 13.3. The largest absolute Gasteiger partial charge is 0.386 e. The van der Waals surface area contributed by atoms with Crippen molar-refractivity contribution in [3.8, 4) is 0 Å². The van der Waals surface area contributed by atoms with Crippen LogP contribution in [0.25, 0.3) is 0 Å². The Kier molecular flexibility index (Phi) is 3.75. The van der Waals surface area contributed by atoms with Gasteiger partial charge in [-0.15, -0.1) is 0 Å². The lowest BCUT2D eigenvalue weighted by molar-refractivity contribution is -0.384. The van der Waals surface area contributed by atoms with E-state index in [1.807, 2.05) is 13.8 Å². The molecule has 1 atom stereocenters. The second-order valence-corrected chi connectivity index (χ2v) is 8.60. The molecule has 3 rings (SSSR count). The van der Waals surface area contributed by atoms with Crippen LogP contribution in [0.5, 0.6) is 0 Å². The Hall–Kier alpha value is -2.22. The Morgan fingerprint density at radius 1 is 1.21 bits per heavy atom. The summed E-state index contributed by atoms with van der Waals surface area (Å²) in [6.07, 6.45) is 0.690. The van der Waals surface area contributed by atoms with E-state index in [1.165, 1.54) is 24.3 Å². The number of carbonyl (C=O) groups excluding carboxylic acids is 1. The molecular weight excluding hydrogens is 334 g/mol. The van der Waals surface area contributed by atoms with Gasteiger partial charge in [-0.3, -0.25) is 14.9 Å². The number of allylic oxidation sites excluding steroid dienone is 2. The lowest BCUT2D eigenvalue weighted by atomic mass is 9.73. The van der Waals surface area contributed by atoms with Gasteiger partial charge in [0.2, 0.25) is 0 Å². The maximum Gasteiger partial charge on any atom is 0.309 e. The number of benzene rings is 1. The standard InChI is InChI=1S/C16H17NO6S/c1-16(2)7-13(18)15-12(9-24(21,22)23-14(15)8-16)10-3-5-11(6-4-10)17(19)20/h3-6,12H,7-9H2,1-2H3. The van der Waals surface area contributed by atoms with Gasteiger partial charge in [0.15, 0.2) is 5.78 Å². The number of hydrogen-bond donors (Lipinski definition) is 0. The molecule has 2 aliphatic rings. The van der Waals surface area contributed by atoms with E-state index in [1.54, 1.807) is 0 Å². The van der Waals surface area contributed by atoms with E-state index in [-0.39, 0.29) is 28.4 Å². The van der Waals surface area contributed by atoms with Crippen molar-refractivity contribution in [3.63, 3.8) is 0 Å². The summed E-state index contributed by atoms with van der Waals surface area (Å²) in [6, 6.07) is 5.63. The molecule has 0 spiro atoms. The van der Waals surface area contributed by atoms with Gasteiger partial charge in [0, 0.05) is 36.5 Å². The Labute approximate surface area is 139 Å². The summed E-state index contributed by atoms with van der Waals surface area (Å²) in [6.45, 7) is 3.78. The van der Waals surface area contributed by atoms with Crippen LogP contribution in [-0.4, -0.2) is 24.9 Å². The predicted octanol–water partition coefficient (Wildman–Crippen LogP) is 2.68. The van der Waals surface area contributed by atoms with Gasteiger partial charge in [0.25, 0.3) is 5.69 Å². The molecule has 7 nitrogen and oxygen atoms in total. The molecule has 1 aromatic carbocycles. The lowest BCUT2D eigenvalue weighted by Gasteiger charge is -2.36. The molecule has 8 heteroatoms. The summed E-state index contributed by atoms with van der Waals surface area (Å²) < 4.78 is 29.3. The lowest BCUT2D eigenvalue weighted by Crippen LogP contribution is -2.36. The minimum absolute atomic E-state index is 0.0843. The molecule has 0 N–H and O–H groups in total. The number of nitrogens with zero attached hydrogens (tertiary/aromatic N) is 1. The monoisotopic (exact) mass is 351 g/mol. The van der Waals surface area contributed by atoms with Crippen LogP contribution in [0.15, 0.2) is 35.6 Å². The van der Waals surface area contributed by atoms with Crippen molar-refractivity contribution in [1.82, 2.24) is 0 Å². The minimum Gasteiger partial charge on any atom is -0.386 e. The van der Waals surface area contributed by atoms with Crippen molar-refractivity contribution in [2.75, 3.05) is 5.75 Å². The summed E-state index contributed by atoms with van der Waals surface area (Å²) in [5, 5.41) is 10.8. The second-order valence-electron chi connectivity index (χ2n) is 6.99. The van der Waals surface area contributed by atoms with Crippen molar-refractivity contribution in [3.05, 3.63) is 51.3 Å². The highest BCUT2D eigenvalue weighted by molar-refractivity contribution is 7.86. The zero-order valence-corrected chi connectivity index (χ0v) is 14.1. The number of carbonyl (C=O) groups is 1. The van der Waals surface area contributed by atoms with Crippen LogP contribution in [0.3, 0.4) is 0 Å². The topological polar surface area (TPSA) is 104 Å². The second kappa shape index (κ2) is 5.41. The van der Waals surface area contributed by atoms with E-state index in [0.717, 1.165) is 0 Å².